The number of nitrogens with two attached hydrogens (primary N) is 1. The number of rotatable bonds is 2. The molecule has 1 aromatic carbocycles. The highest BCUT2D eigenvalue weighted by Gasteiger charge is 2.18. The van der Waals surface area contributed by atoms with E-state index in [2.05, 4.69) is 0 Å². The zero-order valence-electron chi connectivity index (χ0n) is 10.7. The van der Waals surface area contributed by atoms with Gasteiger partial charge in [-0.25, -0.2) is 4.79 Å². The van der Waals surface area contributed by atoms with Gasteiger partial charge in [0, 0.05) is 13.1 Å². The van der Waals surface area contributed by atoms with E-state index in [4.69, 9.17) is 15.2 Å². The lowest BCUT2D eigenvalue weighted by Crippen LogP contribution is -2.37. The molecular weight excluding hydrogens is 232 g/mol. The third kappa shape index (κ3) is 2.34. The van der Waals surface area contributed by atoms with E-state index < -0.39 is 0 Å². The van der Waals surface area contributed by atoms with Gasteiger partial charge in [-0.3, -0.25) is 0 Å². The molecule has 0 aliphatic carbocycles. The molecule has 0 saturated heterocycles. The highest BCUT2D eigenvalue weighted by Crippen LogP contribution is 2.32. The highest BCUT2D eigenvalue weighted by molar-refractivity contribution is 5.72. The number of primary amides is 1. The number of carbonyl (C=O) groups excluding carboxylic acids is 1. The molecule has 0 aromatic heterocycles. The summed E-state index contributed by atoms with van der Waals surface area (Å²) in [5.41, 5.74) is 7.70. The normalized spacial score (nSPS) is 14.7. The predicted octanol–water partition coefficient (Wildman–Crippen LogP) is 1.18. The summed E-state index contributed by atoms with van der Waals surface area (Å²) in [4.78, 5) is 12.9. The molecule has 0 fully saturated rings. The van der Waals surface area contributed by atoms with Crippen LogP contribution in [-0.2, 0) is 12.8 Å². The molecule has 1 heterocycles. The number of hydrogen-bond donors (Lipinski definition) is 1. The molecule has 5 heteroatoms. The first-order valence-electron chi connectivity index (χ1n) is 5.94. The minimum absolute atomic E-state index is 0.360. The lowest BCUT2D eigenvalue weighted by atomic mass is 10.0. The molecule has 1 aliphatic heterocycles. The second-order valence-electron chi connectivity index (χ2n) is 4.30. The lowest BCUT2D eigenvalue weighted by Gasteiger charge is -2.16. The number of amides is 2. The van der Waals surface area contributed by atoms with Crippen molar-refractivity contribution in [2.75, 3.05) is 27.3 Å². The van der Waals surface area contributed by atoms with Crippen LogP contribution in [0, 0.1) is 0 Å². The average molecular weight is 250 g/mol. The van der Waals surface area contributed by atoms with Crippen LogP contribution in [0.15, 0.2) is 12.1 Å². The van der Waals surface area contributed by atoms with Crippen molar-refractivity contribution in [1.82, 2.24) is 4.90 Å². The highest BCUT2D eigenvalue weighted by atomic mass is 16.5. The summed E-state index contributed by atoms with van der Waals surface area (Å²) in [5, 5.41) is 0. The van der Waals surface area contributed by atoms with Crippen LogP contribution in [0.3, 0.4) is 0 Å². The van der Waals surface area contributed by atoms with Crippen LogP contribution in [0.4, 0.5) is 4.79 Å². The molecule has 0 atom stereocenters. The maximum absolute atomic E-state index is 11.2. The van der Waals surface area contributed by atoms with Gasteiger partial charge in [0.2, 0.25) is 0 Å². The molecular formula is C13H18N2O3. The van der Waals surface area contributed by atoms with E-state index in [-0.39, 0.29) is 6.03 Å². The van der Waals surface area contributed by atoms with Crippen molar-refractivity contribution in [3.05, 3.63) is 23.3 Å². The second kappa shape index (κ2) is 5.16. The van der Waals surface area contributed by atoms with Gasteiger partial charge < -0.3 is 20.1 Å². The Bertz CT molecular complexity index is 425. The van der Waals surface area contributed by atoms with Crippen LogP contribution in [-0.4, -0.2) is 38.2 Å². The first-order chi connectivity index (χ1) is 8.65. The van der Waals surface area contributed by atoms with Gasteiger partial charge >= 0.3 is 6.03 Å². The molecule has 2 N–H and O–H groups in total. The van der Waals surface area contributed by atoms with Crippen molar-refractivity contribution in [2.45, 2.75) is 12.8 Å². The Morgan fingerprint density at radius 3 is 1.89 bits per heavy atom. The standard InChI is InChI=1S/C13H18N2O3/c1-17-11-7-9-3-5-15(13(14)16)6-4-10(9)8-12(11)18-2/h7-8H,3-6H2,1-2H3,(H2,14,16). The van der Waals surface area contributed by atoms with Crippen LogP contribution < -0.4 is 15.2 Å². The molecule has 98 valence electrons. The molecule has 2 amide bonds. The number of urea groups is 1. The summed E-state index contributed by atoms with van der Waals surface area (Å²) < 4.78 is 10.6. The Labute approximate surface area is 106 Å². The van der Waals surface area contributed by atoms with Crippen molar-refractivity contribution < 1.29 is 14.3 Å². The minimum atomic E-state index is -0.360. The topological polar surface area (TPSA) is 64.8 Å². The molecule has 0 unspecified atom stereocenters. The molecule has 2 rings (SSSR count). The van der Waals surface area contributed by atoms with Crippen molar-refractivity contribution in [1.29, 1.82) is 0 Å². The Morgan fingerprint density at radius 1 is 1.11 bits per heavy atom. The van der Waals surface area contributed by atoms with Crippen molar-refractivity contribution >= 4 is 6.03 Å². The molecule has 0 radical (unpaired) electrons. The number of hydrogen-bond acceptors (Lipinski definition) is 3. The lowest BCUT2D eigenvalue weighted by molar-refractivity contribution is 0.210. The van der Waals surface area contributed by atoms with Crippen LogP contribution in [0.2, 0.25) is 0 Å². The number of methoxy groups -OCH3 is 2. The number of ether oxygens (including phenoxy) is 2. The Balaban J connectivity index is 2.30. The fourth-order valence-electron chi connectivity index (χ4n) is 2.27. The first kappa shape index (κ1) is 12.5. The summed E-state index contributed by atoms with van der Waals surface area (Å²) in [6.07, 6.45) is 1.58. The van der Waals surface area contributed by atoms with Gasteiger partial charge in [-0.05, 0) is 36.1 Å². The summed E-state index contributed by atoms with van der Waals surface area (Å²) in [7, 11) is 3.24. The quantitative estimate of drug-likeness (QED) is 0.857. The number of nitrogens with zero attached hydrogens (tertiary/aromatic N) is 1. The maximum Gasteiger partial charge on any atom is 0.314 e. The van der Waals surface area contributed by atoms with E-state index in [9.17, 15) is 4.79 Å². The SMILES string of the molecule is COc1cc2c(cc1OC)CCN(C(N)=O)CC2. The van der Waals surface area contributed by atoms with E-state index in [1.165, 1.54) is 11.1 Å². The van der Waals surface area contributed by atoms with E-state index >= 15 is 0 Å². The summed E-state index contributed by atoms with van der Waals surface area (Å²) in [6.45, 7) is 1.30. The molecule has 1 aromatic rings. The molecule has 0 spiro atoms. The third-order valence-electron chi connectivity index (χ3n) is 3.32. The van der Waals surface area contributed by atoms with Crippen LogP contribution >= 0.6 is 0 Å². The van der Waals surface area contributed by atoms with E-state index in [1.807, 2.05) is 12.1 Å². The number of fused-ring (bicyclic) bond motifs is 1. The molecule has 0 saturated carbocycles. The third-order valence-corrected chi connectivity index (χ3v) is 3.32. The fraction of sp³-hybridized carbons (Fsp3) is 0.462. The molecule has 5 nitrogen and oxygen atoms in total. The minimum Gasteiger partial charge on any atom is -0.493 e. The van der Waals surface area contributed by atoms with Crippen LogP contribution in [0.25, 0.3) is 0 Å². The van der Waals surface area contributed by atoms with Gasteiger partial charge in [0.15, 0.2) is 11.5 Å². The average Bonchev–Trinajstić information content (AvgIpc) is 2.58. The van der Waals surface area contributed by atoms with Gasteiger partial charge in [-0.15, -0.1) is 0 Å². The smallest absolute Gasteiger partial charge is 0.314 e. The first-order valence-corrected chi connectivity index (χ1v) is 5.94. The number of benzene rings is 1. The molecule has 18 heavy (non-hydrogen) atoms. The fourth-order valence-corrected chi connectivity index (χ4v) is 2.27. The second-order valence-corrected chi connectivity index (χ2v) is 4.30. The zero-order valence-corrected chi connectivity index (χ0v) is 10.7. The van der Waals surface area contributed by atoms with Gasteiger partial charge in [0.05, 0.1) is 14.2 Å². The number of carbonyl (C=O) groups is 1. The van der Waals surface area contributed by atoms with E-state index in [0.717, 1.165) is 24.3 Å². The summed E-state index contributed by atoms with van der Waals surface area (Å²) in [6, 6.07) is 3.61. The van der Waals surface area contributed by atoms with Crippen molar-refractivity contribution in [3.8, 4) is 11.5 Å². The largest absolute Gasteiger partial charge is 0.493 e. The van der Waals surface area contributed by atoms with E-state index in [0.29, 0.717) is 13.1 Å². The van der Waals surface area contributed by atoms with Gasteiger partial charge in [-0.2, -0.15) is 0 Å². The molecule has 0 bridgehead atoms. The summed E-state index contributed by atoms with van der Waals surface area (Å²) >= 11 is 0. The van der Waals surface area contributed by atoms with E-state index in [1.54, 1.807) is 19.1 Å². The maximum atomic E-state index is 11.2. The van der Waals surface area contributed by atoms with Gasteiger partial charge in [0.1, 0.15) is 0 Å². The monoisotopic (exact) mass is 250 g/mol. The van der Waals surface area contributed by atoms with Crippen molar-refractivity contribution in [2.24, 2.45) is 5.73 Å². The summed E-state index contributed by atoms with van der Waals surface area (Å²) in [5.74, 6) is 1.45. The Kier molecular flexibility index (Phi) is 3.60. The van der Waals surface area contributed by atoms with Crippen LogP contribution in [0.5, 0.6) is 11.5 Å². The Morgan fingerprint density at radius 2 is 1.56 bits per heavy atom. The zero-order chi connectivity index (χ0) is 13.1. The predicted molar refractivity (Wildman–Crippen MR) is 68.1 cm³/mol. The van der Waals surface area contributed by atoms with Gasteiger partial charge in [0.25, 0.3) is 0 Å². The van der Waals surface area contributed by atoms with Crippen LogP contribution in [0.1, 0.15) is 11.1 Å². The van der Waals surface area contributed by atoms with Crippen molar-refractivity contribution in [3.63, 3.8) is 0 Å². The molecule has 1 aliphatic rings. The Hall–Kier alpha value is -1.91. The van der Waals surface area contributed by atoms with Gasteiger partial charge in [-0.1, -0.05) is 0 Å².